The van der Waals surface area contributed by atoms with Gasteiger partial charge in [0, 0.05) is 25.0 Å². The number of hydrogen-bond acceptors (Lipinski definition) is 5. The largest absolute Gasteiger partial charge is 0.468 e. The second kappa shape index (κ2) is 5.95. The van der Waals surface area contributed by atoms with Crippen molar-refractivity contribution in [2.75, 3.05) is 25.6 Å². The van der Waals surface area contributed by atoms with Gasteiger partial charge in [-0.05, 0) is 5.56 Å². The Morgan fingerprint density at radius 3 is 2.37 bits per heavy atom. The number of carbonyl (C=O) groups is 1. The molecule has 2 rings (SSSR count). The van der Waals surface area contributed by atoms with E-state index in [2.05, 4.69) is 14.7 Å². The first kappa shape index (κ1) is 13.0. The molecule has 1 aromatic carbocycles. The molecule has 5 heteroatoms. The average molecular weight is 257 g/mol. The number of esters is 1. The summed E-state index contributed by atoms with van der Waals surface area (Å²) in [5, 5.41) is 0. The fourth-order valence-electron chi connectivity index (χ4n) is 1.63. The van der Waals surface area contributed by atoms with Crippen molar-refractivity contribution in [3.63, 3.8) is 0 Å². The Labute approximate surface area is 111 Å². The summed E-state index contributed by atoms with van der Waals surface area (Å²) in [4.78, 5) is 21.3. The van der Waals surface area contributed by atoms with Crippen LogP contribution < -0.4 is 4.90 Å². The monoisotopic (exact) mass is 257 g/mol. The molecule has 0 N–H and O–H groups in total. The number of aromatic nitrogens is 2. The van der Waals surface area contributed by atoms with E-state index in [1.54, 1.807) is 24.3 Å². The van der Waals surface area contributed by atoms with E-state index in [-0.39, 0.29) is 12.5 Å². The molecule has 98 valence electrons. The van der Waals surface area contributed by atoms with Crippen LogP contribution in [0, 0.1) is 0 Å². The predicted molar refractivity (Wildman–Crippen MR) is 72.8 cm³/mol. The summed E-state index contributed by atoms with van der Waals surface area (Å²) in [7, 11) is 3.10. The van der Waals surface area contributed by atoms with Gasteiger partial charge in [-0.15, -0.1) is 0 Å². The zero-order valence-corrected chi connectivity index (χ0v) is 10.9. The summed E-state index contributed by atoms with van der Waals surface area (Å²) in [6.45, 7) is 0.126. The number of rotatable bonds is 4. The Hall–Kier alpha value is -2.43. The number of anilines is 1. The van der Waals surface area contributed by atoms with E-state index in [1.165, 1.54) is 7.11 Å². The molecule has 0 fully saturated rings. The molecule has 0 aliphatic rings. The van der Waals surface area contributed by atoms with E-state index >= 15 is 0 Å². The van der Waals surface area contributed by atoms with Gasteiger partial charge in [0.15, 0.2) is 0 Å². The van der Waals surface area contributed by atoms with Gasteiger partial charge in [-0.3, -0.25) is 4.79 Å². The van der Waals surface area contributed by atoms with E-state index < -0.39 is 0 Å². The van der Waals surface area contributed by atoms with Gasteiger partial charge in [-0.25, -0.2) is 9.97 Å². The van der Waals surface area contributed by atoms with Gasteiger partial charge in [0.25, 0.3) is 0 Å². The van der Waals surface area contributed by atoms with Crippen molar-refractivity contribution in [3.8, 4) is 11.1 Å². The van der Waals surface area contributed by atoms with Crippen LogP contribution >= 0.6 is 0 Å². The minimum absolute atomic E-state index is 0.126. The molecule has 19 heavy (non-hydrogen) atoms. The fraction of sp³-hybridized carbons (Fsp3) is 0.214. The predicted octanol–water partition coefficient (Wildman–Crippen LogP) is 1.75. The zero-order chi connectivity index (χ0) is 13.7. The molecule has 0 saturated heterocycles. The minimum atomic E-state index is -0.321. The van der Waals surface area contributed by atoms with Gasteiger partial charge in [-0.1, -0.05) is 30.3 Å². The molecule has 1 heterocycles. The zero-order valence-electron chi connectivity index (χ0n) is 10.9. The highest BCUT2D eigenvalue weighted by Gasteiger charge is 2.09. The Balaban J connectivity index is 2.12. The quantitative estimate of drug-likeness (QED) is 0.781. The summed E-state index contributed by atoms with van der Waals surface area (Å²) in [6, 6.07) is 9.88. The molecule has 0 spiro atoms. The molecule has 0 atom stereocenters. The molecule has 0 radical (unpaired) electrons. The first-order valence-electron chi connectivity index (χ1n) is 5.86. The van der Waals surface area contributed by atoms with E-state index in [0.29, 0.717) is 5.95 Å². The summed E-state index contributed by atoms with van der Waals surface area (Å²) >= 11 is 0. The number of benzene rings is 1. The van der Waals surface area contributed by atoms with Crippen molar-refractivity contribution in [1.82, 2.24) is 9.97 Å². The summed E-state index contributed by atoms with van der Waals surface area (Å²) in [5.74, 6) is 0.170. The number of nitrogens with zero attached hydrogens (tertiary/aromatic N) is 3. The fourth-order valence-corrected chi connectivity index (χ4v) is 1.63. The first-order valence-corrected chi connectivity index (χ1v) is 5.86. The molecule has 0 unspecified atom stereocenters. The number of carbonyl (C=O) groups excluding carboxylic acids is 1. The van der Waals surface area contributed by atoms with E-state index in [4.69, 9.17) is 0 Å². The molecule has 0 saturated carbocycles. The third kappa shape index (κ3) is 3.28. The summed E-state index contributed by atoms with van der Waals surface area (Å²) in [5.41, 5.74) is 2.00. The van der Waals surface area contributed by atoms with Crippen LogP contribution in [0.15, 0.2) is 42.7 Å². The maximum absolute atomic E-state index is 11.2. The van der Waals surface area contributed by atoms with Crippen molar-refractivity contribution >= 4 is 11.9 Å². The van der Waals surface area contributed by atoms with E-state index in [0.717, 1.165) is 11.1 Å². The van der Waals surface area contributed by atoms with Crippen molar-refractivity contribution < 1.29 is 9.53 Å². The van der Waals surface area contributed by atoms with Crippen LogP contribution in [0.25, 0.3) is 11.1 Å². The van der Waals surface area contributed by atoms with Crippen molar-refractivity contribution in [2.24, 2.45) is 0 Å². The molecule has 1 aromatic heterocycles. The highest BCUT2D eigenvalue weighted by Crippen LogP contribution is 2.17. The van der Waals surface area contributed by atoms with Gasteiger partial charge in [-0.2, -0.15) is 0 Å². The van der Waals surface area contributed by atoms with Gasteiger partial charge < -0.3 is 9.64 Å². The maximum Gasteiger partial charge on any atom is 0.325 e. The van der Waals surface area contributed by atoms with Crippen molar-refractivity contribution in [3.05, 3.63) is 42.7 Å². The van der Waals surface area contributed by atoms with Crippen LogP contribution in [-0.2, 0) is 9.53 Å². The van der Waals surface area contributed by atoms with Crippen LogP contribution in [-0.4, -0.2) is 36.6 Å². The smallest absolute Gasteiger partial charge is 0.325 e. The van der Waals surface area contributed by atoms with E-state index in [1.807, 2.05) is 30.3 Å². The average Bonchev–Trinajstić information content (AvgIpc) is 2.48. The molecule has 0 amide bonds. The third-order valence-electron chi connectivity index (χ3n) is 2.68. The minimum Gasteiger partial charge on any atom is -0.468 e. The van der Waals surface area contributed by atoms with Gasteiger partial charge in [0.2, 0.25) is 5.95 Å². The second-order valence-electron chi connectivity index (χ2n) is 4.07. The Morgan fingerprint density at radius 1 is 1.16 bits per heavy atom. The Morgan fingerprint density at radius 2 is 1.79 bits per heavy atom. The molecule has 2 aromatic rings. The van der Waals surface area contributed by atoms with Crippen molar-refractivity contribution in [2.45, 2.75) is 0 Å². The van der Waals surface area contributed by atoms with Gasteiger partial charge in [0.05, 0.1) is 7.11 Å². The van der Waals surface area contributed by atoms with Crippen molar-refractivity contribution in [1.29, 1.82) is 0 Å². The number of hydrogen-bond donors (Lipinski definition) is 0. The molecule has 5 nitrogen and oxygen atoms in total. The number of likely N-dealkylation sites (N-methyl/N-ethyl adjacent to an activating group) is 1. The third-order valence-corrected chi connectivity index (χ3v) is 2.68. The second-order valence-corrected chi connectivity index (χ2v) is 4.07. The normalized spacial score (nSPS) is 10.0. The lowest BCUT2D eigenvalue weighted by molar-refractivity contribution is -0.138. The van der Waals surface area contributed by atoms with Gasteiger partial charge in [0.1, 0.15) is 6.54 Å². The standard InChI is InChI=1S/C14H15N3O2/c1-17(10-13(18)19-2)14-15-8-12(9-16-14)11-6-4-3-5-7-11/h3-9H,10H2,1-2H3. The van der Waals surface area contributed by atoms with Crippen LogP contribution in [0.1, 0.15) is 0 Å². The molecule has 0 aliphatic carbocycles. The maximum atomic E-state index is 11.2. The van der Waals surface area contributed by atoms with Gasteiger partial charge >= 0.3 is 5.97 Å². The highest BCUT2D eigenvalue weighted by atomic mass is 16.5. The van der Waals surface area contributed by atoms with E-state index in [9.17, 15) is 4.79 Å². The lowest BCUT2D eigenvalue weighted by Crippen LogP contribution is -2.27. The highest BCUT2D eigenvalue weighted by molar-refractivity contribution is 5.74. The topological polar surface area (TPSA) is 55.3 Å². The Bertz CT molecular complexity index is 540. The lowest BCUT2D eigenvalue weighted by atomic mass is 10.1. The Kier molecular flexibility index (Phi) is 4.07. The molecule has 0 bridgehead atoms. The summed E-state index contributed by atoms with van der Waals surface area (Å²) < 4.78 is 4.60. The van der Waals surface area contributed by atoms with Crippen LogP contribution in [0.2, 0.25) is 0 Å². The summed E-state index contributed by atoms with van der Waals surface area (Å²) in [6.07, 6.45) is 3.48. The van der Waals surface area contributed by atoms with Crippen LogP contribution in [0.4, 0.5) is 5.95 Å². The van der Waals surface area contributed by atoms with Crippen LogP contribution in [0.3, 0.4) is 0 Å². The first-order chi connectivity index (χ1) is 9.20. The number of ether oxygens (including phenoxy) is 1. The molecular weight excluding hydrogens is 242 g/mol. The molecule has 0 aliphatic heterocycles. The number of methoxy groups -OCH3 is 1. The lowest BCUT2D eigenvalue weighted by Gasteiger charge is -2.15. The molecular formula is C14H15N3O2. The van der Waals surface area contributed by atoms with Crippen LogP contribution in [0.5, 0.6) is 0 Å². The SMILES string of the molecule is COC(=O)CN(C)c1ncc(-c2ccccc2)cn1.